The lowest BCUT2D eigenvalue weighted by molar-refractivity contribution is -0.386. The minimum absolute atomic E-state index is 0.0965. The SMILES string of the molecule is NS(=O)(=O)c1cccc(NC/C=C/c2ccccc2)c1[N+](=O)[O-]. The van der Waals surface area contributed by atoms with Crippen molar-refractivity contribution in [2.75, 3.05) is 11.9 Å². The zero-order valence-corrected chi connectivity index (χ0v) is 12.9. The molecule has 0 spiro atoms. The molecule has 0 saturated carbocycles. The molecule has 0 amide bonds. The van der Waals surface area contributed by atoms with Gasteiger partial charge in [-0.05, 0) is 17.7 Å². The highest BCUT2D eigenvalue weighted by Gasteiger charge is 2.26. The summed E-state index contributed by atoms with van der Waals surface area (Å²) in [6.45, 7) is 0.295. The van der Waals surface area contributed by atoms with E-state index < -0.39 is 25.5 Å². The van der Waals surface area contributed by atoms with E-state index in [2.05, 4.69) is 5.32 Å². The largest absolute Gasteiger partial charge is 0.376 e. The first kappa shape index (κ1) is 16.7. The molecule has 0 radical (unpaired) electrons. The lowest BCUT2D eigenvalue weighted by atomic mass is 10.2. The minimum Gasteiger partial charge on any atom is -0.376 e. The summed E-state index contributed by atoms with van der Waals surface area (Å²) in [6, 6.07) is 13.5. The van der Waals surface area contributed by atoms with Crippen LogP contribution in [0.1, 0.15) is 5.56 Å². The Morgan fingerprint density at radius 2 is 1.83 bits per heavy atom. The summed E-state index contributed by atoms with van der Waals surface area (Å²) < 4.78 is 22.9. The van der Waals surface area contributed by atoms with Crippen LogP contribution < -0.4 is 10.5 Å². The van der Waals surface area contributed by atoms with Crippen LogP contribution in [-0.2, 0) is 10.0 Å². The smallest absolute Gasteiger partial charge is 0.312 e. The van der Waals surface area contributed by atoms with E-state index in [4.69, 9.17) is 5.14 Å². The molecule has 0 unspecified atom stereocenters. The predicted molar refractivity (Wildman–Crippen MR) is 88.4 cm³/mol. The Morgan fingerprint density at radius 3 is 2.43 bits per heavy atom. The monoisotopic (exact) mass is 333 g/mol. The lowest BCUT2D eigenvalue weighted by Crippen LogP contribution is -2.15. The maximum Gasteiger partial charge on any atom is 0.312 e. The summed E-state index contributed by atoms with van der Waals surface area (Å²) in [5.74, 6) is 0. The Kier molecular flexibility index (Phi) is 5.09. The van der Waals surface area contributed by atoms with Crippen LogP contribution in [-0.4, -0.2) is 19.9 Å². The average Bonchev–Trinajstić information content (AvgIpc) is 2.51. The van der Waals surface area contributed by atoms with E-state index in [0.717, 1.165) is 11.6 Å². The van der Waals surface area contributed by atoms with Gasteiger partial charge in [-0.1, -0.05) is 48.6 Å². The highest BCUT2D eigenvalue weighted by molar-refractivity contribution is 7.89. The van der Waals surface area contributed by atoms with Crippen LogP contribution in [0.3, 0.4) is 0 Å². The molecule has 2 rings (SSSR count). The summed E-state index contributed by atoms with van der Waals surface area (Å²) in [5.41, 5.74) is 0.532. The molecule has 0 atom stereocenters. The predicted octanol–water partition coefficient (Wildman–Crippen LogP) is 2.37. The number of primary sulfonamides is 1. The van der Waals surface area contributed by atoms with Crippen LogP contribution in [0.25, 0.3) is 6.08 Å². The molecule has 7 nitrogen and oxygen atoms in total. The first-order valence-corrected chi connectivity index (χ1v) is 8.20. The summed E-state index contributed by atoms with van der Waals surface area (Å²) >= 11 is 0. The van der Waals surface area contributed by atoms with Crippen molar-refractivity contribution in [3.05, 3.63) is 70.3 Å². The van der Waals surface area contributed by atoms with Gasteiger partial charge in [-0.3, -0.25) is 10.1 Å². The van der Waals surface area contributed by atoms with E-state index in [1.807, 2.05) is 36.4 Å². The van der Waals surface area contributed by atoms with E-state index >= 15 is 0 Å². The standard InChI is InChI=1S/C15H15N3O4S/c16-23(21,22)14-10-4-9-13(15(14)18(19)20)17-11-5-8-12-6-2-1-3-7-12/h1-10,17H,11H2,(H2,16,21,22)/b8-5+. The van der Waals surface area contributed by atoms with Crippen molar-refractivity contribution in [1.29, 1.82) is 0 Å². The molecule has 2 aromatic carbocycles. The molecule has 0 fully saturated rings. The number of para-hydroxylation sites is 1. The molecular weight excluding hydrogens is 318 g/mol. The molecule has 23 heavy (non-hydrogen) atoms. The van der Waals surface area contributed by atoms with Crippen LogP contribution in [0.5, 0.6) is 0 Å². The van der Waals surface area contributed by atoms with Crippen molar-refractivity contribution >= 4 is 27.5 Å². The van der Waals surface area contributed by atoms with Gasteiger partial charge >= 0.3 is 5.69 Å². The van der Waals surface area contributed by atoms with Crippen molar-refractivity contribution in [3.63, 3.8) is 0 Å². The maximum atomic E-state index is 11.5. The second-order valence-corrected chi connectivity index (χ2v) is 6.18. The number of sulfonamides is 1. The number of nitrogens with two attached hydrogens (primary N) is 1. The summed E-state index contributed by atoms with van der Waals surface area (Å²) in [4.78, 5) is 9.90. The van der Waals surface area contributed by atoms with E-state index in [-0.39, 0.29) is 5.69 Å². The highest BCUT2D eigenvalue weighted by atomic mass is 32.2. The Hall–Kier alpha value is -2.71. The van der Waals surface area contributed by atoms with Gasteiger partial charge < -0.3 is 5.32 Å². The summed E-state index contributed by atoms with van der Waals surface area (Å²) in [7, 11) is -4.17. The fourth-order valence-corrected chi connectivity index (χ4v) is 2.73. The number of rotatable bonds is 6. The molecule has 0 aliphatic heterocycles. The Morgan fingerprint density at radius 1 is 1.13 bits per heavy atom. The van der Waals surface area contributed by atoms with Crippen LogP contribution in [0.15, 0.2) is 59.5 Å². The van der Waals surface area contributed by atoms with Gasteiger partial charge in [0.2, 0.25) is 10.0 Å². The molecule has 0 aromatic heterocycles. The Balaban J connectivity index is 2.20. The zero-order valence-electron chi connectivity index (χ0n) is 12.0. The zero-order chi connectivity index (χ0) is 16.9. The normalized spacial score (nSPS) is 11.5. The third-order valence-electron chi connectivity index (χ3n) is 3.01. The Labute approximate surface area is 133 Å². The van der Waals surface area contributed by atoms with E-state index in [1.165, 1.54) is 12.1 Å². The van der Waals surface area contributed by atoms with Crippen molar-refractivity contribution in [2.45, 2.75) is 4.90 Å². The summed E-state index contributed by atoms with van der Waals surface area (Å²) in [6.07, 6.45) is 3.63. The van der Waals surface area contributed by atoms with Gasteiger partial charge in [0.1, 0.15) is 5.69 Å². The minimum atomic E-state index is -4.17. The van der Waals surface area contributed by atoms with Gasteiger partial charge in [0.15, 0.2) is 4.90 Å². The molecule has 0 saturated heterocycles. The van der Waals surface area contributed by atoms with Crippen molar-refractivity contribution in [2.24, 2.45) is 5.14 Å². The van der Waals surface area contributed by atoms with E-state index in [1.54, 1.807) is 6.08 Å². The summed E-state index contributed by atoms with van der Waals surface area (Å²) in [5, 5.41) is 19.0. The van der Waals surface area contributed by atoms with Gasteiger partial charge in [-0.15, -0.1) is 0 Å². The number of nitrogens with one attached hydrogen (secondary N) is 1. The molecule has 3 N–H and O–H groups in total. The Bertz CT molecular complexity index is 833. The second-order valence-electron chi connectivity index (χ2n) is 4.65. The fraction of sp³-hybridized carbons (Fsp3) is 0.0667. The van der Waals surface area contributed by atoms with Crippen molar-refractivity contribution in [3.8, 4) is 0 Å². The van der Waals surface area contributed by atoms with Crippen LogP contribution >= 0.6 is 0 Å². The number of nitro benzene ring substituents is 1. The molecule has 2 aromatic rings. The van der Waals surface area contributed by atoms with E-state index in [0.29, 0.717) is 6.54 Å². The molecule has 0 heterocycles. The second kappa shape index (κ2) is 7.03. The highest BCUT2D eigenvalue weighted by Crippen LogP contribution is 2.31. The van der Waals surface area contributed by atoms with Crippen molar-refractivity contribution < 1.29 is 13.3 Å². The number of hydrogen-bond donors (Lipinski definition) is 2. The third-order valence-corrected chi connectivity index (χ3v) is 3.95. The van der Waals surface area contributed by atoms with Crippen LogP contribution in [0.2, 0.25) is 0 Å². The van der Waals surface area contributed by atoms with Gasteiger partial charge in [-0.2, -0.15) is 0 Å². The quantitative estimate of drug-likeness (QED) is 0.622. The number of anilines is 1. The molecule has 0 bridgehead atoms. The van der Waals surface area contributed by atoms with Gasteiger partial charge in [0.05, 0.1) is 4.92 Å². The molecule has 120 valence electrons. The topological polar surface area (TPSA) is 115 Å². The number of nitrogens with zero attached hydrogens (tertiary/aromatic N) is 1. The van der Waals surface area contributed by atoms with Crippen molar-refractivity contribution in [1.82, 2.24) is 0 Å². The molecule has 0 aliphatic carbocycles. The maximum absolute atomic E-state index is 11.5. The number of benzene rings is 2. The van der Waals surface area contributed by atoms with Crippen LogP contribution in [0.4, 0.5) is 11.4 Å². The third kappa shape index (κ3) is 4.38. The molecule has 8 heteroatoms. The van der Waals surface area contributed by atoms with E-state index in [9.17, 15) is 18.5 Å². The average molecular weight is 333 g/mol. The van der Waals surface area contributed by atoms with Gasteiger partial charge in [0.25, 0.3) is 0 Å². The lowest BCUT2D eigenvalue weighted by Gasteiger charge is -2.07. The first-order valence-electron chi connectivity index (χ1n) is 6.65. The molecular formula is C15H15N3O4S. The van der Waals surface area contributed by atoms with Gasteiger partial charge in [-0.25, -0.2) is 13.6 Å². The number of nitro groups is 1. The molecule has 0 aliphatic rings. The van der Waals surface area contributed by atoms with Gasteiger partial charge in [0, 0.05) is 6.54 Å². The van der Waals surface area contributed by atoms with Crippen LogP contribution in [0, 0.1) is 10.1 Å². The number of hydrogen-bond acceptors (Lipinski definition) is 5. The first-order chi connectivity index (χ1) is 10.9. The fourth-order valence-electron chi connectivity index (χ4n) is 2.01.